The van der Waals surface area contributed by atoms with Crippen molar-refractivity contribution in [2.45, 2.75) is 57.0 Å². The maximum Gasteiger partial charge on any atom is 0.317 e. The van der Waals surface area contributed by atoms with Gasteiger partial charge in [0.1, 0.15) is 0 Å². The molecule has 1 aliphatic heterocycles. The zero-order chi connectivity index (χ0) is 14.9. The molecular weight excluding hydrogens is 276 g/mol. The largest absolute Gasteiger partial charge is 0.333 e. The molecule has 2 saturated carbocycles. The first-order valence-corrected chi connectivity index (χ1v) is 8.84. The summed E-state index contributed by atoms with van der Waals surface area (Å²) >= 11 is 0. The molecular formula is C17H26N4O. The van der Waals surface area contributed by atoms with E-state index in [1.54, 1.807) is 0 Å². The van der Waals surface area contributed by atoms with Gasteiger partial charge in [-0.25, -0.2) is 9.78 Å². The Morgan fingerprint density at radius 1 is 1.05 bits per heavy atom. The number of imidazole rings is 1. The summed E-state index contributed by atoms with van der Waals surface area (Å²) in [5.74, 6) is 1.51. The van der Waals surface area contributed by atoms with Crippen LogP contribution in [-0.2, 0) is 0 Å². The minimum Gasteiger partial charge on any atom is -0.333 e. The maximum absolute atomic E-state index is 12.6. The Morgan fingerprint density at radius 2 is 1.82 bits per heavy atom. The van der Waals surface area contributed by atoms with E-state index in [1.165, 1.54) is 32.1 Å². The molecule has 2 amide bonds. The van der Waals surface area contributed by atoms with Crippen LogP contribution in [0.15, 0.2) is 18.7 Å². The zero-order valence-electron chi connectivity index (χ0n) is 13.2. The Kier molecular flexibility index (Phi) is 3.80. The average molecular weight is 302 g/mol. The topological polar surface area (TPSA) is 50.2 Å². The minimum atomic E-state index is 0.159. The standard InChI is InChI=1S/C17H26N4O/c22-17(21-10-13-4-1-2-5-14(13)11-21)19-15-6-3-7-16(15)20-9-8-18-12-20/h8-9,12-16H,1-7,10-11H2,(H,19,22). The van der Waals surface area contributed by atoms with Crippen molar-refractivity contribution in [2.75, 3.05) is 13.1 Å². The van der Waals surface area contributed by atoms with Gasteiger partial charge in [0.25, 0.3) is 0 Å². The van der Waals surface area contributed by atoms with E-state index in [1.807, 2.05) is 18.7 Å². The highest BCUT2D eigenvalue weighted by molar-refractivity contribution is 5.75. The van der Waals surface area contributed by atoms with Crippen molar-refractivity contribution in [3.63, 3.8) is 0 Å². The van der Waals surface area contributed by atoms with Crippen LogP contribution in [0.25, 0.3) is 0 Å². The van der Waals surface area contributed by atoms with Crippen molar-refractivity contribution in [2.24, 2.45) is 11.8 Å². The summed E-state index contributed by atoms with van der Waals surface area (Å²) in [5.41, 5.74) is 0. The molecule has 2 aliphatic carbocycles. The number of nitrogens with one attached hydrogen (secondary N) is 1. The van der Waals surface area contributed by atoms with Crippen molar-refractivity contribution >= 4 is 6.03 Å². The van der Waals surface area contributed by atoms with E-state index in [-0.39, 0.29) is 12.1 Å². The number of nitrogens with zero attached hydrogens (tertiary/aromatic N) is 3. The first-order valence-electron chi connectivity index (χ1n) is 8.84. The number of urea groups is 1. The molecule has 4 rings (SSSR count). The van der Waals surface area contributed by atoms with Gasteiger partial charge in [0.05, 0.1) is 18.4 Å². The van der Waals surface area contributed by atoms with E-state index >= 15 is 0 Å². The number of fused-ring (bicyclic) bond motifs is 1. The molecule has 4 atom stereocenters. The van der Waals surface area contributed by atoms with E-state index in [9.17, 15) is 4.79 Å². The van der Waals surface area contributed by atoms with Gasteiger partial charge in [-0.2, -0.15) is 0 Å². The van der Waals surface area contributed by atoms with Crippen LogP contribution < -0.4 is 5.32 Å². The second-order valence-electron chi connectivity index (χ2n) is 7.27. The van der Waals surface area contributed by atoms with Crippen LogP contribution in [0.5, 0.6) is 0 Å². The van der Waals surface area contributed by atoms with Gasteiger partial charge in [-0.1, -0.05) is 12.8 Å². The number of carbonyl (C=O) groups is 1. The van der Waals surface area contributed by atoms with E-state index in [4.69, 9.17) is 0 Å². The van der Waals surface area contributed by atoms with Crippen molar-refractivity contribution in [3.8, 4) is 0 Å². The molecule has 120 valence electrons. The number of amides is 2. The molecule has 5 heteroatoms. The van der Waals surface area contributed by atoms with Crippen LogP contribution >= 0.6 is 0 Å². The van der Waals surface area contributed by atoms with E-state index in [0.29, 0.717) is 6.04 Å². The van der Waals surface area contributed by atoms with Crippen LogP contribution in [0.4, 0.5) is 4.79 Å². The Bertz CT molecular complexity index is 501. The van der Waals surface area contributed by atoms with E-state index in [2.05, 4.69) is 19.8 Å². The second kappa shape index (κ2) is 5.94. The lowest BCUT2D eigenvalue weighted by Crippen LogP contribution is -2.45. The highest BCUT2D eigenvalue weighted by atomic mass is 16.2. The summed E-state index contributed by atoms with van der Waals surface area (Å²) in [6.45, 7) is 1.94. The lowest BCUT2D eigenvalue weighted by Gasteiger charge is -2.25. The van der Waals surface area contributed by atoms with Crippen molar-refractivity contribution in [1.29, 1.82) is 0 Å². The summed E-state index contributed by atoms with van der Waals surface area (Å²) < 4.78 is 2.15. The van der Waals surface area contributed by atoms with Gasteiger partial charge in [-0.3, -0.25) is 0 Å². The van der Waals surface area contributed by atoms with Gasteiger partial charge in [-0.05, 0) is 43.9 Å². The highest BCUT2D eigenvalue weighted by Gasteiger charge is 2.38. The molecule has 4 unspecified atom stereocenters. The molecule has 0 spiro atoms. The average Bonchev–Trinajstić information content (AvgIpc) is 3.26. The van der Waals surface area contributed by atoms with Crippen molar-refractivity contribution in [1.82, 2.24) is 19.8 Å². The van der Waals surface area contributed by atoms with Crippen molar-refractivity contribution < 1.29 is 4.79 Å². The fraction of sp³-hybridized carbons (Fsp3) is 0.765. The lowest BCUT2D eigenvalue weighted by molar-refractivity contribution is 0.199. The molecule has 22 heavy (non-hydrogen) atoms. The minimum absolute atomic E-state index is 0.159. The smallest absolute Gasteiger partial charge is 0.317 e. The monoisotopic (exact) mass is 302 g/mol. The third-order valence-corrected chi connectivity index (χ3v) is 5.96. The first kappa shape index (κ1) is 14.1. The molecule has 0 aromatic carbocycles. The molecule has 3 aliphatic rings. The zero-order valence-corrected chi connectivity index (χ0v) is 13.2. The number of likely N-dealkylation sites (tertiary alicyclic amines) is 1. The van der Waals surface area contributed by atoms with Gasteiger partial charge in [0.15, 0.2) is 0 Å². The van der Waals surface area contributed by atoms with Crippen LogP contribution in [0, 0.1) is 11.8 Å². The third kappa shape index (κ3) is 2.61. The number of rotatable bonds is 2. The molecule has 1 aromatic rings. The Balaban J connectivity index is 1.37. The fourth-order valence-corrected chi connectivity index (χ4v) is 4.75. The fourth-order valence-electron chi connectivity index (χ4n) is 4.75. The predicted octanol–water partition coefficient (Wildman–Crippen LogP) is 2.81. The molecule has 0 radical (unpaired) electrons. The first-order chi connectivity index (χ1) is 10.8. The quantitative estimate of drug-likeness (QED) is 0.913. The van der Waals surface area contributed by atoms with Crippen LogP contribution in [0.2, 0.25) is 0 Å². The summed E-state index contributed by atoms with van der Waals surface area (Å²) in [7, 11) is 0. The summed E-state index contributed by atoms with van der Waals surface area (Å²) in [6.07, 6.45) is 14.4. The third-order valence-electron chi connectivity index (χ3n) is 5.96. The molecule has 3 fully saturated rings. The van der Waals surface area contributed by atoms with Gasteiger partial charge in [0, 0.05) is 25.5 Å². The number of aromatic nitrogens is 2. The number of hydrogen-bond acceptors (Lipinski definition) is 2. The van der Waals surface area contributed by atoms with Gasteiger partial charge in [0.2, 0.25) is 0 Å². The number of hydrogen-bond donors (Lipinski definition) is 1. The molecule has 5 nitrogen and oxygen atoms in total. The Labute approximate surface area is 132 Å². The normalized spacial score (nSPS) is 34.6. The van der Waals surface area contributed by atoms with E-state index in [0.717, 1.165) is 37.8 Å². The Morgan fingerprint density at radius 3 is 2.50 bits per heavy atom. The molecule has 1 saturated heterocycles. The summed E-state index contributed by atoms with van der Waals surface area (Å²) in [5, 5.41) is 3.31. The van der Waals surface area contributed by atoms with E-state index < -0.39 is 0 Å². The van der Waals surface area contributed by atoms with Crippen LogP contribution in [0.1, 0.15) is 51.0 Å². The van der Waals surface area contributed by atoms with Gasteiger partial charge < -0.3 is 14.8 Å². The summed E-state index contributed by atoms with van der Waals surface area (Å²) in [4.78, 5) is 18.9. The van der Waals surface area contributed by atoms with Crippen LogP contribution in [-0.4, -0.2) is 39.6 Å². The SMILES string of the molecule is O=C(NC1CCCC1n1ccnc1)N1CC2CCCCC2C1. The predicted molar refractivity (Wildman–Crippen MR) is 84.5 cm³/mol. The summed E-state index contributed by atoms with van der Waals surface area (Å²) in [6, 6.07) is 0.784. The van der Waals surface area contributed by atoms with Gasteiger partial charge in [-0.15, -0.1) is 0 Å². The maximum atomic E-state index is 12.6. The molecule has 1 aromatic heterocycles. The molecule has 1 N–H and O–H groups in total. The van der Waals surface area contributed by atoms with Crippen LogP contribution in [0.3, 0.4) is 0 Å². The molecule has 2 heterocycles. The second-order valence-corrected chi connectivity index (χ2v) is 7.27. The van der Waals surface area contributed by atoms with Gasteiger partial charge >= 0.3 is 6.03 Å². The molecule has 0 bridgehead atoms. The van der Waals surface area contributed by atoms with Crippen molar-refractivity contribution in [3.05, 3.63) is 18.7 Å². The number of carbonyl (C=O) groups excluding carboxylic acids is 1. The lowest BCUT2D eigenvalue weighted by atomic mass is 9.82. The Hall–Kier alpha value is -1.52. The highest BCUT2D eigenvalue weighted by Crippen LogP contribution is 2.36.